The Hall–Kier alpha value is -3.06. The van der Waals surface area contributed by atoms with E-state index in [2.05, 4.69) is 50.2 Å². The maximum Gasteiger partial charge on any atom is 0.302 e. The lowest BCUT2D eigenvalue weighted by Crippen LogP contribution is -2.11. The minimum Gasteiger partial charge on any atom is -0.438 e. The van der Waals surface area contributed by atoms with Crippen LogP contribution in [0.5, 0.6) is 23.0 Å². The highest BCUT2D eigenvalue weighted by Gasteiger charge is 2.31. The Kier molecular flexibility index (Phi) is 7.46. The topological polar surface area (TPSA) is 36.9 Å². The predicted octanol–water partition coefficient (Wildman–Crippen LogP) is 9.02. The molecule has 36 heavy (non-hydrogen) atoms. The van der Waals surface area contributed by atoms with Crippen LogP contribution in [0.15, 0.2) is 84.9 Å². The van der Waals surface area contributed by atoms with Gasteiger partial charge in [-0.15, -0.1) is 0 Å². The van der Waals surface area contributed by atoms with Crippen molar-refractivity contribution < 1.29 is 18.1 Å². The molecule has 1 aliphatic heterocycles. The van der Waals surface area contributed by atoms with Gasteiger partial charge in [0.25, 0.3) is 0 Å². The first kappa shape index (κ1) is 24.6. The highest BCUT2D eigenvalue weighted by Crippen LogP contribution is 2.56. The second-order valence-electron chi connectivity index (χ2n) is 9.01. The second-order valence-corrected chi connectivity index (χ2v) is 12.2. The van der Waals surface area contributed by atoms with E-state index in [0.717, 1.165) is 51.7 Å². The smallest absolute Gasteiger partial charge is 0.302 e. The molecule has 1 heterocycles. The standard InChI is InChI=1S/C30H30O4P2/c1-21-11-5-7-17-27(21)31-35(32-28-18-8-6-12-22(28)2)20-36-33-29-23(3)13-9-15-25(29)19-26-16-10-14-24(4)30(26)34-36/h5-18H,19-20H2,1-4H3. The van der Waals surface area contributed by atoms with Crippen LogP contribution in [0.4, 0.5) is 0 Å². The van der Waals surface area contributed by atoms with E-state index in [-0.39, 0.29) is 0 Å². The first-order valence-corrected chi connectivity index (χ1v) is 14.8. The molecule has 0 bridgehead atoms. The van der Waals surface area contributed by atoms with Crippen molar-refractivity contribution >= 4 is 16.8 Å². The van der Waals surface area contributed by atoms with Gasteiger partial charge in [-0.3, -0.25) is 0 Å². The van der Waals surface area contributed by atoms with Gasteiger partial charge >= 0.3 is 16.8 Å². The van der Waals surface area contributed by atoms with E-state index in [0.29, 0.717) is 5.90 Å². The van der Waals surface area contributed by atoms with Gasteiger partial charge < -0.3 is 18.1 Å². The fourth-order valence-electron chi connectivity index (χ4n) is 4.16. The zero-order valence-electron chi connectivity index (χ0n) is 21.0. The Morgan fingerprint density at radius 1 is 0.611 bits per heavy atom. The molecule has 0 N–H and O–H groups in total. The minimum absolute atomic E-state index is 0.495. The number of benzene rings is 4. The lowest BCUT2D eigenvalue weighted by Gasteiger charge is -2.29. The fourth-order valence-corrected chi connectivity index (χ4v) is 7.69. The summed E-state index contributed by atoms with van der Waals surface area (Å²) in [6.45, 7) is 8.26. The molecular weight excluding hydrogens is 486 g/mol. The molecule has 0 atom stereocenters. The monoisotopic (exact) mass is 516 g/mol. The third-order valence-electron chi connectivity index (χ3n) is 6.17. The quantitative estimate of drug-likeness (QED) is 0.240. The number of fused-ring (bicyclic) bond motifs is 2. The fraction of sp³-hybridized carbons (Fsp3) is 0.200. The second kappa shape index (κ2) is 10.9. The molecule has 4 aromatic rings. The zero-order chi connectivity index (χ0) is 25.1. The summed E-state index contributed by atoms with van der Waals surface area (Å²) in [5.74, 6) is 3.92. The largest absolute Gasteiger partial charge is 0.438 e. The summed E-state index contributed by atoms with van der Waals surface area (Å²) in [6.07, 6.45) is 0.769. The first-order valence-electron chi connectivity index (χ1n) is 12.0. The van der Waals surface area contributed by atoms with E-state index in [9.17, 15) is 0 Å². The molecule has 184 valence electrons. The van der Waals surface area contributed by atoms with Crippen LogP contribution < -0.4 is 18.1 Å². The molecule has 0 radical (unpaired) electrons. The van der Waals surface area contributed by atoms with Gasteiger partial charge in [0.05, 0.1) is 0 Å². The summed E-state index contributed by atoms with van der Waals surface area (Å²) in [5.41, 5.74) is 6.66. The summed E-state index contributed by atoms with van der Waals surface area (Å²) in [5, 5.41) is 0. The summed E-state index contributed by atoms with van der Waals surface area (Å²) < 4.78 is 26.3. The molecule has 0 spiro atoms. The van der Waals surface area contributed by atoms with Crippen molar-refractivity contribution in [2.45, 2.75) is 34.1 Å². The number of hydrogen-bond acceptors (Lipinski definition) is 4. The Balaban J connectivity index is 1.51. The van der Waals surface area contributed by atoms with Gasteiger partial charge in [0.15, 0.2) is 0 Å². The van der Waals surface area contributed by atoms with Crippen molar-refractivity contribution in [1.29, 1.82) is 0 Å². The van der Waals surface area contributed by atoms with Gasteiger partial charge in [0.2, 0.25) is 0 Å². The van der Waals surface area contributed by atoms with Gasteiger partial charge in [-0.2, -0.15) is 0 Å². The third kappa shape index (κ3) is 5.51. The average molecular weight is 517 g/mol. The molecule has 0 aromatic heterocycles. The minimum atomic E-state index is -1.41. The van der Waals surface area contributed by atoms with Gasteiger partial charge in [-0.05, 0) is 73.2 Å². The van der Waals surface area contributed by atoms with Crippen LogP contribution in [0.25, 0.3) is 0 Å². The molecule has 0 amide bonds. The number of hydrogen-bond donors (Lipinski definition) is 0. The van der Waals surface area contributed by atoms with E-state index in [1.807, 2.05) is 62.4 Å². The van der Waals surface area contributed by atoms with E-state index in [1.165, 1.54) is 11.1 Å². The van der Waals surface area contributed by atoms with Crippen molar-refractivity contribution in [3.63, 3.8) is 0 Å². The Morgan fingerprint density at radius 2 is 1.06 bits per heavy atom. The molecule has 4 aromatic carbocycles. The molecular formula is C30H30O4P2. The predicted molar refractivity (Wildman–Crippen MR) is 149 cm³/mol. The van der Waals surface area contributed by atoms with Crippen LogP contribution >= 0.6 is 16.8 Å². The van der Waals surface area contributed by atoms with Crippen molar-refractivity contribution in [1.82, 2.24) is 0 Å². The summed E-state index contributed by atoms with van der Waals surface area (Å²) in [6, 6.07) is 28.7. The zero-order valence-corrected chi connectivity index (χ0v) is 22.8. The van der Waals surface area contributed by atoms with Gasteiger partial charge in [0, 0.05) is 6.42 Å². The van der Waals surface area contributed by atoms with Crippen molar-refractivity contribution in [2.75, 3.05) is 5.90 Å². The molecule has 4 nitrogen and oxygen atoms in total. The van der Waals surface area contributed by atoms with Crippen LogP contribution in [-0.4, -0.2) is 5.90 Å². The molecule has 6 heteroatoms. The number of para-hydroxylation sites is 4. The Morgan fingerprint density at radius 3 is 1.53 bits per heavy atom. The summed E-state index contributed by atoms with van der Waals surface area (Å²) in [7, 11) is -2.80. The van der Waals surface area contributed by atoms with Crippen molar-refractivity contribution in [2.24, 2.45) is 0 Å². The van der Waals surface area contributed by atoms with E-state index in [4.69, 9.17) is 18.1 Å². The highest BCUT2D eigenvalue weighted by molar-refractivity contribution is 7.65. The van der Waals surface area contributed by atoms with E-state index in [1.54, 1.807) is 0 Å². The molecule has 0 aliphatic carbocycles. The maximum absolute atomic E-state index is 6.64. The molecule has 0 unspecified atom stereocenters. The average Bonchev–Trinajstić information content (AvgIpc) is 2.84. The van der Waals surface area contributed by atoms with Crippen LogP contribution in [-0.2, 0) is 6.42 Å². The van der Waals surface area contributed by atoms with Crippen molar-refractivity contribution in [3.05, 3.63) is 118 Å². The third-order valence-corrected chi connectivity index (χ3v) is 9.59. The molecule has 0 saturated heterocycles. The Labute approximate surface area is 216 Å². The van der Waals surface area contributed by atoms with E-state index < -0.39 is 16.8 Å². The van der Waals surface area contributed by atoms with Crippen LogP contribution in [0, 0.1) is 27.7 Å². The summed E-state index contributed by atoms with van der Waals surface area (Å²) >= 11 is 0. The van der Waals surface area contributed by atoms with Crippen molar-refractivity contribution in [3.8, 4) is 23.0 Å². The molecule has 5 rings (SSSR count). The first-order chi connectivity index (χ1) is 17.5. The van der Waals surface area contributed by atoms with Gasteiger partial charge in [0.1, 0.15) is 28.9 Å². The number of aryl methyl sites for hydroxylation is 4. The highest BCUT2D eigenvalue weighted by atomic mass is 31.2. The number of rotatable bonds is 6. The van der Waals surface area contributed by atoms with Crippen LogP contribution in [0.1, 0.15) is 33.4 Å². The van der Waals surface area contributed by atoms with E-state index >= 15 is 0 Å². The molecule has 0 fully saturated rings. The Bertz CT molecular complexity index is 1270. The van der Waals surface area contributed by atoms with Gasteiger partial charge in [-0.1, -0.05) is 72.8 Å². The molecule has 1 aliphatic rings. The van der Waals surface area contributed by atoms with Crippen LogP contribution in [0.3, 0.4) is 0 Å². The SMILES string of the molecule is Cc1ccccc1OP(CP1Oc2c(C)cccc2Cc2cccc(C)c2O1)Oc1ccccc1C. The lowest BCUT2D eigenvalue weighted by atomic mass is 9.99. The lowest BCUT2D eigenvalue weighted by molar-refractivity contribution is 0.465. The maximum atomic E-state index is 6.64. The summed E-state index contributed by atoms with van der Waals surface area (Å²) in [4.78, 5) is 0. The van der Waals surface area contributed by atoms with Crippen LogP contribution in [0.2, 0.25) is 0 Å². The normalized spacial score (nSPS) is 13.0. The molecule has 0 saturated carbocycles. The van der Waals surface area contributed by atoms with Gasteiger partial charge in [-0.25, -0.2) is 0 Å².